The predicted octanol–water partition coefficient (Wildman–Crippen LogP) is 9.34. The highest BCUT2D eigenvalue weighted by Crippen LogP contribution is 2.41. The lowest BCUT2D eigenvalue weighted by Crippen LogP contribution is -2.38. The minimum absolute atomic E-state index is 0.0956. The minimum Gasteiger partial charge on any atom is -0.493 e. The Labute approximate surface area is 335 Å². The van der Waals surface area contributed by atoms with Gasteiger partial charge in [0.05, 0.1) is 60.0 Å². The molecule has 1 amide bonds. The van der Waals surface area contributed by atoms with Gasteiger partial charge in [-0.3, -0.25) is 4.79 Å². The Hall–Kier alpha value is -5.78. The molecule has 0 radical (unpaired) electrons. The number of carbonyl (C=O) groups is 1. The number of nitrogens with zero attached hydrogens (tertiary/aromatic N) is 1. The summed E-state index contributed by atoms with van der Waals surface area (Å²) in [6.07, 6.45) is 8.84. The fraction of sp³-hybridized carbons (Fsp3) is 0.422. The summed E-state index contributed by atoms with van der Waals surface area (Å²) in [5, 5.41) is 10.8. The van der Waals surface area contributed by atoms with Gasteiger partial charge in [-0.25, -0.2) is 0 Å². The maximum absolute atomic E-state index is 12.7. The topological polar surface area (TPSA) is 127 Å². The Morgan fingerprint density at radius 3 is 1.86 bits per heavy atom. The highest BCUT2D eigenvalue weighted by atomic mass is 16.6. The van der Waals surface area contributed by atoms with Gasteiger partial charge in [0.15, 0.2) is 40.6 Å². The van der Waals surface area contributed by atoms with Crippen molar-refractivity contribution in [3.8, 4) is 40.2 Å². The summed E-state index contributed by atoms with van der Waals surface area (Å²) in [6, 6.07) is 21.3. The van der Waals surface area contributed by atoms with E-state index in [-0.39, 0.29) is 18.2 Å². The zero-order chi connectivity index (χ0) is 40.1. The van der Waals surface area contributed by atoms with E-state index < -0.39 is 0 Å². The fourth-order valence-electron chi connectivity index (χ4n) is 7.13. The Morgan fingerprint density at radius 1 is 0.614 bits per heavy atom. The van der Waals surface area contributed by atoms with Gasteiger partial charge >= 0.3 is 0 Å². The first-order valence-corrected chi connectivity index (χ1v) is 19.7. The van der Waals surface area contributed by atoms with Gasteiger partial charge in [-0.15, -0.1) is 0 Å². The van der Waals surface area contributed by atoms with Crippen LogP contribution in [0.3, 0.4) is 0 Å². The van der Waals surface area contributed by atoms with E-state index in [1.165, 1.54) is 25.7 Å². The number of nitrogens with one attached hydrogen (secondary N) is 2. The highest BCUT2D eigenvalue weighted by molar-refractivity contribution is 6.03. The third-order valence-corrected chi connectivity index (χ3v) is 10.3. The molecular formula is C45H55N3O9. The number of hydrogen-bond donors (Lipinski definition) is 2. The van der Waals surface area contributed by atoms with E-state index in [1.807, 2.05) is 73.7 Å². The van der Waals surface area contributed by atoms with Crippen LogP contribution in [0, 0.1) is 6.92 Å². The van der Waals surface area contributed by atoms with Crippen LogP contribution in [0.4, 0.5) is 5.69 Å². The molecule has 2 aliphatic heterocycles. The van der Waals surface area contributed by atoms with Crippen LogP contribution in [0.25, 0.3) is 0 Å². The minimum atomic E-state index is -0.351. The molecule has 0 fully saturated rings. The fourth-order valence-corrected chi connectivity index (χ4v) is 7.13. The molecule has 4 aromatic carbocycles. The second-order valence-corrected chi connectivity index (χ2v) is 14.2. The summed E-state index contributed by atoms with van der Waals surface area (Å²) in [4.78, 5) is 18.6. The van der Waals surface area contributed by atoms with E-state index in [4.69, 9.17) is 38.0 Å². The number of amides is 1. The summed E-state index contributed by atoms with van der Waals surface area (Å²) < 4.78 is 40.0. The van der Waals surface area contributed by atoms with Crippen molar-refractivity contribution in [2.45, 2.75) is 77.0 Å². The summed E-state index contributed by atoms with van der Waals surface area (Å²) >= 11 is 0. The van der Waals surface area contributed by atoms with Crippen molar-refractivity contribution < 1.29 is 42.8 Å². The van der Waals surface area contributed by atoms with E-state index in [0.29, 0.717) is 65.4 Å². The molecule has 0 aliphatic carbocycles. The number of anilines is 1. The molecule has 0 saturated carbocycles. The van der Waals surface area contributed by atoms with Crippen LogP contribution < -0.4 is 43.8 Å². The van der Waals surface area contributed by atoms with Gasteiger partial charge in [-0.05, 0) is 79.4 Å². The third kappa shape index (κ3) is 10.2. The lowest BCUT2D eigenvalue weighted by Gasteiger charge is -2.28. The van der Waals surface area contributed by atoms with Crippen LogP contribution >= 0.6 is 0 Å². The zero-order valence-electron chi connectivity index (χ0n) is 33.9. The number of benzene rings is 4. The van der Waals surface area contributed by atoms with Crippen LogP contribution in [-0.2, 0) is 4.84 Å². The molecule has 2 aliphatic rings. The molecule has 0 bridgehead atoms. The average molecular weight is 782 g/mol. The van der Waals surface area contributed by atoms with Gasteiger partial charge in [0.25, 0.3) is 5.91 Å². The van der Waals surface area contributed by atoms with Gasteiger partial charge in [0.1, 0.15) is 6.17 Å². The third-order valence-electron chi connectivity index (χ3n) is 10.3. The van der Waals surface area contributed by atoms with Crippen molar-refractivity contribution in [2.24, 2.45) is 5.16 Å². The smallest absolute Gasteiger partial charge is 0.255 e. The van der Waals surface area contributed by atoms with Crippen LogP contribution in [0.1, 0.15) is 103 Å². The van der Waals surface area contributed by atoms with Crippen molar-refractivity contribution in [1.82, 2.24) is 5.32 Å². The Bertz CT molecular complexity index is 1990. The number of rotatable bonds is 21. The lowest BCUT2D eigenvalue weighted by atomic mass is 9.99. The average Bonchev–Trinajstić information content (AvgIpc) is 3.74. The molecule has 12 nitrogen and oxygen atoms in total. The summed E-state index contributed by atoms with van der Waals surface area (Å²) in [6.45, 7) is 3.21. The molecule has 4 aromatic rings. The van der Waals surface area contributed by atoms with Gasteiger partial charge in [0.2, 0.25) is 5.75 Å². The molecule has 2 heterocycles. The second-order valence-electron chi connectivity index (χ2n) is 14.2. The van der Waals surface area contributed by atoms with Gasteiger partial charge in [-0.2, -0.15) is 0 Å². The summed E-state index contributed by atoms with van der Waals surface area (Å²) in [5.41, 5.74) is 6.02. The molecule has 0 aromatic heterocycles. The maximum Gasteiger partial charge on any atom is 0.255 e. The summed E-state index contributed by atoms with van der Waals surface area (Å²) in [5.74, 6) is 4.31. The maximum atomic E-state index is 12.7. The first-order chi connectivity index (χ1) is 27.8. The quantitative estimate of drug-likeness (QED) is 0.0790. The van der Waals surface area contributed by atoms with Crippen molar-refractivity contribution in [2.75, 3.05) is 54.1 Å². The number of oxime groups is 1. The first-order valence-electron chi connectivity index (χ1n) is 19.7. The van der Waals surface area contributed by atoms with Crippen LogP contribution in [0.2, 0.25) is 0 Å². The van der Waals surface area contributed by atoms with Crippen molar-refractivity contribution >= 4 is 17.3 Å². The van der Waals surface area contributed by atoms with E-state index in [9.17, 15) is 4.79 Å². The molecule has 2 N–H and O–H groups in total. The van der Waals surface area contributed by atoms with Gasteiger partial charge in [-0.1, -0.05) is 67.4 Å². The van der Waals surface area contributed by atoms with E-state index in [0.717, 1.165) is 59.3 Å². The lowest BCUT2D eigenvalue weighted by molar-refractivity contribution is 0.0854. The van der Waals surface area contributed by atoms with Crippen molar-refractivity contribution in [3.05, 3.63) is 94.5 Å². The van der Waals surface area contributed by atoms with E-state index >= 15 is 0 Å². The Kier molecular flexibility index (Phi) is 14.3. The summed E-state index contributed by atoms with van der Waals surface area (Å²) in [7, 11) is 8.06. The van der Waals surface area contributed by atoms with Gasteiger partial charge < -0.3 is 48.6 Å². The van der Waals surface area contributed by atoms with E-state index in [1.54, 1.807) is 35.5 Å². The molecule has 2 unspecified atom stereocenters. The van der Waals surface area contributed by atoms with E-state index in [2.05, 4.69) is 15.8 Å². The monoisotopic (exact) mass is 781 g/mol. The number of hydrogen-bond acceptors (Lipinski definition) is 11. The highest BCUT2D eigenvalue weighted by Gasteiger charge is 2.28. The molecule has 0 spiro atoms. The molecule has 6 rings (SSSR count). The van der Waals surface area contributed by atoms with Gasteiger partial charge in [0, 0.05) is 17.7 Å². The SMILES string of the molecule is COc1cc(C2NC(=O)c3cc(C)ccc3N2)ccc1OCCCCCCCCCCOc1cc(C2CC(c3cc(OC)c(OC)c(OC)c3)=NO2)ccc1OC. The molecule has 304 valence electrons. The Balaban J connectivity index is 0.860. The number of unbranched alkanes of at least 4 members (excludes halogenated alkanes) is 7. The number of fused-ring (bicyclic) bond motifs is 1. The first kappa shape index (κ1) is 40.9. The van der Waals surface area contributed by atoms with Crippen LogP contribution in [0.15, 0.2) is 71.9 Å². The predicted molar refractivity (Wildman–Crippen MR) is 220 cm³/mol. The number of carbonyl (C=O) groups excluding carboxylic acids is 1. The largest absolute Gasteiger partial charge is 0.493 e. The number of methoxy groups -OCH3 is 5. The van der Waals surface area contributed by atoms with Crippen molar-refractivity contribution in [3.63, 3.8) is 0 Å². The molecule has 57 heavy (non-hydrogen) atoms. The zero-order valence-corrected chi connectivity index (χ0v) is 33.9. The van der Waals surface area contributed by atoms with Crippen LogP contribution in [-0.4, -0.2) is 60.4 Å². The molecule has 2 atom stereocenters. The standard InChI is InChI=1S/C45H55N3O9/c1-29-15-18-34-33(23-29)45(49)47-44(46-34)31-17-20-37(39(25-31)51-3)55-21-13-11-9-7-8-10-12-14-22-56-40-24-30(16-19-36(40)50-2)38-28-35(48-57-38)32-26-41(52-4)43(54-6)42(27-32)53-5/h15-20,23-27,38,44,46H,7-14,21-22,28H2,1-6H3,(H,47,49). The molecule has 12 heteroatoms. The molecule has 0 saturated heterocycles. The van der Waals surface area contributed by atoms with Crippen LogP contribution in [0.5, 0.6) is 40.2 Å². The number of aryl methyl sites for hydroxylation is 1. The number of ether oxygens (including phenoxy) is 7. The Morgan fingerprint density at radius 2 is 1.21 bits per heavy atom. The molecular weight excluding hydrogens is 727 g/mol. The normalized spacial score (nSPS) is 15.7. The van der Waals surface area contributed by atoms with Crippen molar-refractivity contribution in [1.29, 1.82) is 0 Å². The second kappa shape index (κ2) is 19.9.